The number of benzene rings is 4. The van der Waals surface area contributed by atoms with Gasteiger partial charge in [-0.15, -0.1) is 0 Å². The van der Waals surface area contributed by atoms with Crippen molar-refractivity contribution in [3.05, 3.63) is 135 Å². The summed E-state index contributed by atoms with van der Waals surface area (Å²) >= 11 is 0. The maximum Gasteiger partial charge on any atom is 0.326 e. The minimum absolute atomic E-state index is 0.0733. The third-order valence-corrected chi connectivity index (χ3v) is 10.0. The third kappa shape index (κ3) is 6.23. The summed E-state index contributed by atoms with van der Waals surface area (Å²) in [5, 5.41) is 7.15. The van der Waals surface area contributed by atoms with E-state index >= 15 is 0 Å². The molecule has 0 saturated carbocycles. The third-order valence-electron chi connectivity index (χ3n) is 10.0. The quantitative estimate of drug-likeness (QED) is 0.0991. The zero-order valence-corrected chi connectivity index (χ0v) is 28.1. The van der Waals surface area contributed by atoms with Crippen LogP contribution in [-0.4, -0.2) is 42.3 Å². The minimum Gasteiger partial charge on any atom is -0.379 e. The van der Waals surface area contributed by atoms with E-state index in [4.69, 9.17) is 4.74 Å². The van der Waals surface area contributed by atoms with Gasteiger partial charge in [0.05, 0.1) is 53.3 Å². The number of fused-ring (bicyclic) bond motifs is 2. The number of hydrogen-bond donors (Lipinski definition) is 5. The molecule has 11 nitrogen and oxygen atoms in total. The van der Waals surface area contributed by atoms with E-state index in [0.717, 1.165) is 63.4 Å². The van der Waals surface area contributed by atoms with E-state index in [1.54, 1.807) is 17.1 Å². The lowest BCUT2D eigenvalue weighted by Gasteiger charge is -2.23. The topological polar surface area (TPSA) is 138 Å². The van der Waals surface area contributed by atoms with Gasteiger partial charge in [0.15, 0.2) is 0 Å². The molecule has 4 aromatic carbocycles. The SMILES string of the molecule is CC(Cc1ccccc1Nc1ccc2c(c1)[nH]c(=O)n2C1CCOC1)C(C)c1cccc(Nc2ccc3c(c2)[nH]c(=O)n3Cc2cnc[nH]2)c1. The summed E-state index contributed by atoms with van der Waals surface area (Å²) in [6, 6.07) is 29.0. The number of nitrogens with zero attached hydrogens (tertiary/aromatic N) is 3. The van der Waals surface area contributed by atoms with Crippen molar-refractivity contribution >= 4 is 44.8 Å². The Hall–Kier alpha value is -5.81. The molecule has 1 fully saturated rings. The van der Waals surface area contributed by atoms with E-state index in [-0.39, 0.29) is 17.4 Å². The number of imidazole rings is 3. The van der Waals surface area contributed by atoms with E-state index in [9.17, 15) is 9.59 Å². The number of rotatable bonds is 11. The fraction of sp³-hybridized carbons (Fsp3) is 0.256. The molecule has 5 N–H and O–H groups in total. The van der Waals surface area contributed by atoms with E-state index in [1.807, 2.05) is 47.0 Å². The Kier molecular flexibility index (Phi) is 8.33. The maximum absolute atomic E-state index is 12.8. The van der Waals surface area contributed by atoms with Gasteiger partial charge in [0, 0.05) is 35.6 Å². The summed E-state index contributed by atoms with van der Waals surface area (Å²) < 4.78 is 9.07. The van der Waals surface area contributed by atoms with Crippen LogP contribution in [-0.2, 0) is 17.7 Å². The number of H-pyrrole nitrogens is 3. The fourth-order valence-electron chi connectivity index (χ4n) is 7.13. The number of para-hydroxylation sites is 1. The number of anilines is 4. The summed E-state index contributed by atoms with van der Waals surface area (Å²) in [6.45, 7) is 6.26. The van der Waals surface area contributed by atoms with Crippen LogP contribution in [0.5, 0.6) is 0 Å². The van der Waals surface area contributed by atoms with Crippen molar-refractivity contribution in [2.24, 2.45) is 5.92 Å². The average molecular weight is 669 g/mol. The van der Waals surface area contributed by atoms with Crippen molar-refractivity contribution < 1.29 is 4.74 Å². The van der Waals surface area contributed by atoms with Crippen LogP contribution in [0.15, 0.2) is 107 Å². The van der Waals surface area contributed by atoms with Gasteiger partial charge in [-0.3, -0.25) is 9.13 Å². The molecule has 254 valence electrons. The predicted octanol–water partition coefficient (Wildman–Crippen LogP) is 7.17. The number of hydrogen-bond acceptors (Lipinski definition) is 6. The second-order valence-electron chi connectivity index (χ2n) is 13.4. The molecule has 1 aliphatic rings. The van der Waals surface area contributed by atoms with E-state index < -0.39 is 0 Å². The lowest BCUT2D eigenvalue weighted by Crippen LogP contribution is -2.22. The Morgan fingerprint density at radius 2 is 1.62 bits per heavy atom. The molecule has 0 aliphatic carbocycles. The van der Waals surface area contributed by atoms with Crippen molar-refractivity contribution in [1.29, 1.82) is 0 Å². The summed E-state index contributed by atoms with van der Waals surface area (Å²) in [7, 11) is 0. The van der Waals surface area contributed by atoms with Crippen LogP contribution in [0.3, 0.4) is 0 Å². The summed E-state index contributed by atoms with van der Waals surface area (Å²) in [4.78, 5) is 38.6. The number of aromatic nitrogens is 6. The minimum atomic E-state index is -0.157. The van der Waals surface area contributed by atoms with E-state index in [1.165, 1.54) is 11.1 Å². The molecule has 4 heterocycles. The molecule has 3 unspecified atom stereocenters. The Bertz CT molecular complexity index is 2390. The van der Waals surface area contributed by atoms with Crippen molar-refractivity contribution in [1.82, 2.24) is 29.1 Å². The van der Waals surface area contributed by atoms with Gasteiger partial charge in [-0.25, -0.2) is 14.6 Å². The molecule has 1 saturated heterocycles. The molecular formula is C39H40N8O3. The van der Waals surface area contributed by atoms with Crippen molar-refractivity contribution in [2.45, 2.75) is 45.2 Å². The fourth-order valence-corrected chi connectivity index (χ4v) is 7.13. The van der Waals surface area contributed by atoms with Crippen LogP contribution in [0.25, 0.3) is 22.1 Å². The summed E-state index contributed by atoms with van der Waals surface area (Å²) in [5.74, 6) is 0.645. The standard InChI is InChI=1S/C39H40N8O3/c1-24(16-27-6-3-4-9-33(27)43-30-11-13-37-35(19-30)45-39(49)47(37)32-14-15-50-22-32)25(2)26-7-5-8-28(17-26)42-29-10-12-36-34(18-29)44-38(48)46(36)21-31-20-40-23-41-31/h3-13,17-20,23-25,32,42-43H,14-16,21-22H2,1-2H3,(H,40,41)(H,44,48)(H,45,49). The van der Waals surface area contributed by atoms with Gasteiger partial charge in [0.2, 0.25) is 0 Å². The van der Waals surface area contributed by atoms with Crippen molar-refractivity contribution in [3.63, 3.8) is 0 Å². The number of ether oxygens (including phenoxy) is 1. The molecule has 0 radical (unpaired) electrons. The number of aromatic amines is 3. The van der Waals surface area contributed by atoms with Crippen LogP contribution in [0.2, 0.25) is 0 Å². The monoisotopic (exact) mass is 668 g/mol. The lowest BCUT2D eigenvalue weighted by atomic mass is 9.84. The second kappa shape index (κ2) is 13.2. The highest BCUT2D eigenvalue weighted by Crippen LogP contribution is 2.33. The van der Waals surface area contributed by atoms with Crippen molar-refractivity contribution in [3.8, 4) is 0 Å². The molecule has 7 aromatic rings. The van der Waals surface area contributed by atoms with Crippen LogP contribution in [0.4, 0.5) is 22.7 Å². The molecule has 0 bridgehead atoms. The summed E-state index contributed by atoms with van der Waals surface area (Å²) in [6.07, 6.45) is 5.08. The van der Waals surface area contributed by atoms with Gasteiger partial charge in [-0.1, -0.05) is 44.2 Å². The van der Waals surface area contributed by atoms with Crippen LogP contribution in [0.1, 0.15) is 49.0 Å². The Balaban J connectivity index is 0.957. The molecule has 11 heteroatoms. The van der Waals surface area contributed by atoms with Gasteiger partial charge in [0.25, 0.3) is 0 Å². The first-order valence-corrected chi connectivity index (χ1v) is 17.1. The normalized spacial score (nSPS) is 15.8. The predicted molar refractivity (Wildman–Crippen MR) is 198 cm³/mol. The molecular weight excluding hydrogens is 628 g/mol. The second-order valence-corrected chi connectivity index (χ2v) is 13.4. The van der Waals surface area contributed by atoms with E-state index in [2.05, 4.69) is 86.9 Å². The average Bonchev–Trinajstić information content (AvgIpc) is 3.93. The van der Waals surface area contributed by atoms with Gasteiger partial charge in [0.1, 0.15) is 0 Å². The highest BCUT2D eigenvalue weighted by atomic mass is 16.5. The molecule has 50 heavy (non-hydrogen) atoms. The number of nitrogens with one attached hydrogen (secondary N) is 5. The molecule has 8 rings (SSSR count). The van der Waals surface area contributed by atoms with Crippen LogP contribution >= 0.6 is 0 Å². The lowest BCUT2D eigenvalue weighted by molar-refractivity contribution is 0.186. The van der Waals surface area contributed by atoms with Gasteiger partial charge >= 0.3 is 11.4 Å². The van der Waals surface area contributed by atoms with Crippen LogP contribution in [0, 0.1) is 5.92 Å². The molecule has 3 atom stereocenters. The van der Waals surface area contributed by atoms with Crippen LogP contribution < -0.4 is 22.0 Å². The highest BCUT2D eigenvalue weighted by molar-refractivity contribution is 5.82. The van der Waals surface area contributed by atoms with Crippen molar-refractivity contribution in [2.75, 3.05) is 23.8 Å². The first-order chi connectivity index (χ1) is 24.4. The molecule has 3 aromatic heterocycles. The van der Waals surface area contributed by atoms with Gasteiger partial charge < -0.3 is 30.3 Å². The summed E-state index contributed by atoms with van der Waals surface area (Å²) in [5.41, 5.74) is 10.3. The molecule has 0 amide bonds. The Morgan fingerprint density at radius 1 is 0.860 bits per heavy atom. The van der Waals surface area contributed by atoms with Gasteiger partial charge in [-0.2, -0.15) is 0 Å². The van der Waals surface area contributed by atoms with Gasteiger partial charge in [-0.05, 0) is 90.4 Å². The first kappa shape index (κ1) is 31.5. The smallest absolute Gasteiger partial charge is 0.326 e. The molecule has 1 aliphatic heterocycles. The maximum atomic E-state index is 12.8. The highest BCUT2D eigenvalue weighted by Gasteiger charge is 2.22. The van der Waals surface area contributed by atoms with E-state index in [0.29, 0.717) is 31.6 Å². The molecule has 0 spiro atoms. The largest absolute Gasteiger partial charge is 0.379 e. The Morgan fingerprint density at radius 3 is 2.42 bits per heavy atom. The first-order valence-electron chi connectivity index (χ1n) is 17.1. The zero-order valence-electron chi connectivity index (χ0n) is 28.1. The zero-order chi connectivity index (χ0) is 34.2. The Labute approximate surface area is 288 Å².